The lowest BCUT2D eigenvalue weighted by atomic mass is 10.1. The molecular formula is C20H20N2O4S. The molecule has 0 saturated heterocycles. The summed E-state index contributed by atoms with van der Waals surface area (Å²) >= 11 is 1.56. The van der Waals surface area contributed by atoms with Gasteiger partial charge in [-0.2, -0.15) is 0 Å². The van der Waals surface area contributed by atoms with Gasteiger partial charge in [-0.25, -0.2) is 4.79 Å². The fraction of sp³-hybridized carbons (Fsp3) is 0.250. The van der Waals surface area contributed by atoms with Gasteiger partial charge in [-0.1, -0.05) is 24.3 Å². The number of carbonyl (C=O) groups is 3. The number of anilines is 1. The highest BCUT2D eigenvalue weighted by Crippen LogP contribution is 2.31. The molecule has 0 saturated carbocycles. The van der Waals surface area contributed by atoms with Crippen LogP contribution < -0.4 is 10.6 Å². The van der Waals surface area contributed by atoms with Crippen LogP contribution in [0.4, 0.5) is 5.69 Å². The van der Waals surface area contributed by atoms with Gasteiger partial charge in [0.2, 0.25) is 5.91 Å². The maximum absolute atomic E-state index is 12.2. The fourth-order valence-corrected chi connectivity index (χ4v) is 3.55. The SMILES string of the molecule is Cc1ccccc1CNC(=O)COC(=O)c1ccc2c(c1)NC(=O)CCS2. The first-order chi connectivity index (χ1) is 13.0. The first-order valence-corrected chi connectivity index (χ1v) is 9.56. The van der Waals surface area contributed by atoms with Gasteiger partial charge in [-0.3, -0.25) is 9.59 Å². The molecule has 6 nitrogen and oxygen atoms in total. The van der Waals surface area contributed by atoms with Crippen LogP contribution in [-0.4, -0.2) is 30.1 Å². The minimum absolute atomic E-state index is 0.0812. The van der Waals surface area contributed by atoms with Crippen LogP contribution in [0.1, 0.15) is 27.9 Å². The number of carbonyl (C=O) groups excluding carboxylic acids is 3. The molecule has 1 aliphatic rings. The van der Waals surface area contributed by atoms with Gasteiger partial charge in [-0.05, 0) is 36.2 Å². The Balaban J connectivity index is 1.54. The van der Waals surface area contributed by atoms with Crippen LogP contribution in [0, 0.1) is 6.92 Å². The zero-order valence-corrected chi connectivity index (χ0v) is 15.7. The molecule has 2 aromatic rings. The molecule has 7 heteroatoms. The first kappa shape index (κ1) is 19.0. The summed E-state index contributed by atoms with van der Waals surface area (Å²) in [6, 6.07) is 12.7. The molecule has 140 valence electrons. The third-order valence-corrected chi connectivity index (χ3v) is 5.22. The van der Waals surface area contributed by atoms with Gasteiger partial charge in [0.15, 0.2) is 6.61 Å². The van der Waals surface area contributed by atoms with Gasteiger partial charge in [0.1, 0.15) is 0 Å². The van der Waals surface area contributed by atoms with E-state index in [9.17, 15) is 14.4 Å². The lowest BCUT2D eigenvalue weighted by molar-refractivity contribution is -0.124. The number of amides is 2. The summed E-state index contributed by atoms with van der Waals surface area (Å²) in [6.45, 7) is 1.99. The van der Waals surface area contributed by atoms with E-state index in [1.165, 1.54) is 0 Å². The predicted octanol–water partition coefficient (Wildman–Crippen LogP) is 2.90. The highest BCUT2D eigenvalue weighted by Gasteiger charge is 2.17. The van der Waals surface area contributed by atoms with E-state index in [2.05, 4.69) is 10.6 Å². The van der Waals surface area contributed by atoms with Crippen LogP contribution in [-0.2, 0) is 20.9 Å². The van der Waals surface area contributed by atoms with Crippen molar-refractivity contribution in [3.63, 3.8) is 0 Å². The maximum Gasteiger partial charge on any atom is 0.338 e. The molecule has 2 N–H and O–H groups in total. The standard InChI is InChI=1S/C20H20N2O4S/c1-13-4-2-3-5-15(13)11-21-19(24)12-26-20(25)14-6-7-17-16(10-14)22-18(23)8-9-27-17/h2-7,10H,8-9,11-12H2,1H3,(H,21,24)(H,22,23). The molecular weight excluding hydrogens is 364 g/mol. The van der Waals surface area contributed by atoms with Crippen LogP contribution in [0.5, 0.6) is 0 Å². The first-order valence-electron chi connectivity index (χ1n) is 8.58. The third-order valence-electron chi connectivity index (χ3n) is 4.15. The molecule has 2 amide bonds. The zero-order chi connectivity index (χ0) is 19.2. The van der Waals surface area contributed by atoms with Gasteiger partial charge in [0.05, 0.1) is 11.3 Å². The minimum Gasteiger partial charge on any atom is -0.452 e. The second-order valence-electron chi connectivity index (χ2n) is 6.14. The van der Waals surface area contributed by atoms with E-state index in [1.54, 1.807) is 30.0 Å². The molecule has 2 aromatic carbocycles. The Bertz CT molecular complexity index is 882. The number of nitrogens with one attached hydrogen (secondary N) is 2. The highest BCUT2D eigenvalue weighted by molar-refractivity contribution is 7.99. The van der Waals surface area contributed by atoms with Crippen LogP contribution in [0.2, 0.25) is 0 Å². The van der Waals surface area contributed by atoms with E-state index in [-0.39, 0.29) is 18.4 Å². The second kappa shape index (κ2) is 8.73. The van der Waals surface area contributed by atoms with Crippen LogP contribution in [0.15, 0.2) is 47.4 Å². The zero-order valence-electron chi connectivity index (χ0n) is 14.9. The van der Waals surface area contributed by atoms with Crippen molar-refractivity contribution in [2.24, 2.45) is 0 Å². The third kappa shape index (κ3) is 5.10. The number of benzene rings is 2. The van der Waals surface area contributed by atoms with E-state index in [0.717, 1.165) is 16.0 Å². The summed E-state index contributed by atoms with van der Waals surface area (Å²) < 4.78 is 5.09. The maximum atomic E-state index is 12.2. The number of ether oxygens (including phenoxy) is 1. The lowest BCUT2D eigenvalue weighted by Gasteiger charge is -2.10. The van der Waals surface area contributed by atoms with Crippen molar-refractivity contribution in [1.29, 1.82) is 0 Å². The molecule has 0 unspecified atom stereocenters. The largest absolute Gasteiger partial charge is 0.452 e. The molecule has 0 atom stereocenters. The van der Waals surface area contributed by atoms with Gasteiger partial charge >= 0.3 is 5.97 Å². The minimum atomic E-state index is -0.604. The second-order valence-corrected chi connectivity index (χ2v) is 7.27. The van der Waals surface area contributed by atoms with Gasteiger partial charge in [-0.15, -0.1) is 11.8 Å². The molecule has 0 fully saturated rings. The number of fused-ring (bicyclic) bond motifs is 1. The summed E-state index contributed by atoms with van der Waals surface area (Å²) in [4.78, 5) is 36.7. The van der Waals surface area contributed by atoms with Crippen molar-refractivity contribution in [3.8, 4) is 0 Å². The molecule has 3 rings (SSSR count). The van der Waals surface area contributed by atoms with Gasteiger partial charge < -0.3 is 15.4 Å². The summed E-state index contributed by atoms with van der Waals surface area (Å²) in [6.07, 6.45) is 0.431. The van der Waals surface area contributed by atoms with Crippen molar-refractivity contribution < 1.29 is 19.1 Å². The van der Waals surface area contributed by atoms with Crippen LogP contribution >= 0.6 is 11.8 Å². The summed E-state index contributed by atoms with van der Waals surface area (Å²) in [7, 11) is 0. The van der Waals surface area contributed by atoms with E-state index in [1.807, 2.05) is 31.2 Å². The average molecular weight is 384 g/mol. The molecule has 1 heterocycles. The van der Waals surface area contributed by atoms with E-state index >= 15 is 0 Å². The Morgan fingerprint density at radius 2 is 2.04 bits per heavy atom. The Morgan fingerprint density at radius 1 is 1.22 bits per heavy atom. The Hall–Kier alpha value is -2.80. The topological polar surface area (TPSA) is 84.5 Å². The number of esters is 1. The highest BCUT2D eigenvalue weighted by atomic mass is 32.2. The Morgan fingerprint density at radius 3 is 2.85 bits per heavy atom. The summed E-state index contributed by atoms with van der Waals surface area (Å²) in [5, 5.41) is 5.51. The van der Waals surface area contributed by atoms with E-state index in [0.29, 0.717) is 30.0 Å². The number of hydrogen-bond acceptors (Lipinski definition) is 5. The van der Waals surface area contributed by atoms with E-state index in [4.69, 9.17) is 4.74 Å². The number of aryl methyl sites for hydroxylation is 1. The quantitative estimate of drug-likeness (QED) is 0.775. The molecule has 0 radical (unpaired) electrons. The Kier molecular flexibility index (Phi) is 6.13. The van der Waals surface area contributed by atoms with Crippen molar-refractivity contribution in [2.45, 2.75) is 24.8 Å². The number of rotatable bonds is 5. The molecule has 0 aromatic heterocycles. The monoisotopic (exact) mass is 384 g/mol. The van der Waals surface area contributed by atoms with Gasteiger partial charge in [0, 0.05) is 23.6 Å². The normalized spacial score (nSPS) is 13.1. The number of thioether (sulfide) groups is 1. The lowest BCUT2D eigenvalue weighted by Crippen LogP contribution is -2.28. The Labute approximate surface area is 161 Å². The summed E-state index contributed by atoms with van der Waals surface area (Å²) in [5.41, 5.74) is 2.99. The molecule has 0 bridgehead atoms. The molecule has 1 aliphatic heterocycles. The molecule has 0 aliphatic carbocycles. The number of hydrogen-bond donors (Lipinski definition) is 2. The smallest absolute Gasteiger partial charge is 0.338 e. The van der Waals surface area contributed by atoms with Crippen molar-refractivity contribution in [2.75, 3.05) is 17.7 Å². The van der Waals surface area contributed by atoms with Crippen molar-refractivity contribution >= 4 is 35.2 Å². The van der Waals surface area contributed by atoms with Crippen LogP contribution in [0.3, 0.4) is 0 Å². The average Bonchev–Trinajstić information content (AvgIpc) is 2.85. The van der Waals surface area contributed by atoms with Crippen molar-refractivity contribution in [1.82, 2.24) is 5.32 Å². The summed E-state index contributed by atoms with van der Waals surface area (Å²) in [5.74, 6) is -0.358. The van der Waals surface area contributed by atoms with E-state index < -0.39 is 5.97 Å². The molecule has 0 spiro atoms. The predicted molar refractivity (Wildman–Crippen MR) is 104 cm³/mol. The van der Waals surface area contributed by atoms with Gasteiger partial charge in [0.25, 0.3) is 5.91 Å². The molecule has 27 heavy (non-hydrogen) atoms. The van der Waals surface area contributed by atoms with Crippen LogP contribution in [0.25, 0.3) is 0 Å². The fourth-order valence-electron chi connectivity index (χ4n) is 2.61. The van der Waals surface area contributed by atoms with Crippen molar-refractivity contribution in [3.05, 3.63) is 59.2 Å².